The number of unbranched alkanes of at least 4 members (excludes halogenated alkanes) is 1. The number of aryl methyl sites for hydroxylation is 1. The number of esters is 1. The molecule has 1 aromatic rings. The highest BCUT2D eigenvalue weighted by Crippen LogP contribution is 2.44. The van der Waals surface area contributed by atoms with Crippen LogP contribution >= 0.6 is 11.3 Å². The lowest BCUT2D eigenvalue weighted by Gasteiger charge is -2.46. The van der Waals surface area contributed by atoms with Crippen molar-refractivity contribution < 1.29 is 27.6 Å². The van der Waals surface area contributed by atoms with E-state index in [-0.39, 0.29) is 51.4 Å². The molecule has 1 aromatic heterocycles. The molecule has 5 atom stereocenters. The van der Waals surface area contributed by atoms with E-state index in [9.17, 15) is 9.59 Å². The normalized spacial score (nSPS) is 17.1. The Bertz CT molecular complexity index is 1480. The van der Waals surface area contributed by atoms with Gasteiger partial charge in [-0.2, -0.15) is 0 Å². The standard InChI is InChI=1S/C45H85NO6SSi3/c1-32(27-25-23-24-26-28-37(50-54(17,18)42(5,6)7)33(2)29-36-31-53-35(4)46-36)40(52-56(21,22)44(11,12)13)34(3)41(48)45(14,15)38(30-39(47)49-16)51-55(19,20)43(8,9)10/h24,26,29,31-32,34,37-38,40H,23,25,27-28,30H2,1-22H3/b26-24-,33-29+/t32-,34+,37?,38-,40-/m0/s1. The molecule has 324 valence electrons. The number of hydrogen-bond acceptors (Lipinski definition) is 8. The number of thiazole rings is 1. The first-order chi connectivity index (χ1) is 25.1. The number of hydrogen-bond donors (Lipinski definition) is 0. The molecule has 0 radical (unpaired) electrons. The van der Waals surface area contributed by atoms with Crippen LogP contribution in [0.3, 0.4) is 0 Å². The van der Waals surface area contributed by atoms with Crippen molar-refractivity contribution in [2.24, 2.45) is 17.3 Å². The molecular weight excluding hydrogens is 767 g/mol. The Kier molecular flexibility index (Phi) is 19.2. The number of Topliss-reactive ketones (excluding diaryl/α,β-unsaturated/α-hetero) is 1. The van der Waals surface area contributed by atoms with Gasteiger partial charge >= 0.3 is 5.97 Å². The van der Waals surface area contributed by atoms with E-state index in [1.54, 1.807) is 11.3 Å². The number of carbonyl (C=O) groups is 2. The fraction of sp³-hybridized carbons (Fsp3) is 0.800. The van der Waals surface area contributed by atoms with E-state index in [0.29, 0.717) is 0 Å². The summed E-state index contributed by atoms with van der Waals surface area (Å²) >= 11 is 1.67. The van der Waals surface area contributed by atoms with Crippen LogP contribution in [0.5, 0.6) is 0 Å². The predicted molar refractivity (Wildman–Crippen MR) is 248 cm³/mol. The van der Waals surface area contributed by atoms with Gasteiger partial charge in [-0.15, -0.1) is 11.3 Å². The third kappa shape index (κ3) is 15.1. The summed E-state index contributed by atoms with van der Waals surface area (Å²) in [6.07, 6.45) is 9.60. The van der Waals surface area contributed by atoms with Crippen LogP contribution in [0.15, 0.2) is 23.1 Å². The summed E-state index contributed by atoms with van der Waals surface area (Å²) in [5.41, 5.74) is 1.27. The Morgan fingerprint density at radius 3 is 1.77 bits per heavy atom. The molecule has 0 N–H and O–H groups in total. The van der Waals surface area contributed by atoms with Crippen LogP contribution in [0.4, 0.5) is 0 Å². The average Bonchev–Trinajstić information content (AvgIpc) is 3.45. The maximum absolute atomic E-state index is 14.8. The summed E-state index contributed by atoms with van der Waals surface area (Å²) < 4.78 is 26.2. The van der Waals surface area contributed by atoms with Crippen molar-refractivity contribution in [3.8, 4) is 0 Å². The molecule has 1 unspecified atom stereocenters. The molecule has 1 rings (SSSR count). The van der Waals surface area contributed by atoms with Gasteiger partial charge in [0.1, 0.15) is 5.78 Å². The third-order valence-electron chi connectivity index (χ3n) is 13.3. The molecule has 0 bridgehead atoms. The average molecular weight is 853 g/mol. The van der Waals surface area contributed by atoms with Gasteiger partial charge in [-0.1, -0.05) is 102 Å². The molecule has 0 amide bonds. The minimum atomic E-state index is -2.33. The Morgan fingerprint density at radius 1 is 0.804 bits per heavy atom. The summed E-state index contributed by atoms with van der Waals surface area (Å²) in [5, 5.41) is 3.19. The highest BCUT2D eigenvalue weighted by Gasteiger charge is 2.50. The number of methoxy groups -OCH3 is 1. The van der Waals surface area contributed by atoms with Crippen LogP contribution in [-0.4, -0.2) is 67.1 Å². The SMILES string of the molecule is COC(=O)C[C@H](O[Si](C)(C)C(C)(C)C)C(C)(C)C(=O)[C@H](C)[C@@H](O[Si](C)(C)C(C)(C)C)[C@@H](C)CCC/C=C\CC(O[Si](C)(C)C(C)(C)C)/C(C)=C/c1csc(C)n1. The minimum absolute atomic E-state index is 0.00529. The van der Waals surface area contributed by atoms with Gasteiger partial charge < -0.3 is 18.0 Å². The zero-order chi connectivity index (χ0) is 43.9. The first-order valence-corrected chi connectivity index (χ1v) is 30.6. The lowest BCUT2D eigenvalue weighted by molar-refractivity contribution is -0.148. The topological polar surface area (TPSA) is 84.0 Å². The molecule has 11 heteroatoms. The second-order valence-corrected chi connectivity index (χ2v) is 36.9. The third-order valence-corrected chi connectivity index (χ3v) is 27.5. The molecule has 7 nitrogen and oxygen atoms in total. The molecule has 56 heavy (non-hydrogen) atoms. The highest BCUT2D eigenvalue weighted by molar-refractivity contribution is 7.09. The van der Waals surface area contributed by atoms with Gasteiger partial charge in [0.25, 0.3) is 0 Å². The van der Waals surface area contributed by atoms with Crippen molar-refractivity contribution >= 4 is 54.1 Å². The minimum Gasteiger partial charge on any atom is -0.469 e. The van der Waals surface area contributed by atoms with E-state index in [2.05, 4.69) is 144 Å². The van der Waals surface area contributed by atoms with Crippen LogP contribution in [0.2, 0.25) is 54.4 Å². The monoisotopic (exact) mass is 852 g/mol. The first-order valence-electron chi connectivity index (χ1n) is 21.0. The fourth-order valence-electron chi connectivity index (χ4n) is 6.03. The molecule has 0 spiro atoms. The van der Waals surface area contributed by atoms with Gasteiger partial charge in [0.15, 0.2) is 25.0 Å². The molecule has 0 aliphatic carbocycles. The molecule has 1 heterocycles. The smallest absolute Gasteiger partial charge is 0.308 e. The lowest BCUT2D eigenvalue weighted by Crippen LogP contribution is -2.54. The van der Waals surface area contributed by atoms with Crippen LogP contribution in [0.1, 0.15) is 140 Å². The van der Waals surface area contributed by atoms with E-state index in [1.807, 2.05) is 27.7 Å². The lowest BCUT2D eigenvalue weighted by atomic mass is 9.73. The number of ketones is 1. The Hall–Kier alpha value is -1.22. The summed E-state index contributed by atoms with van der Waals surface area (Å²) in [5.74, 6) is -0.535. The molecule has 0 saturated heterocycles. The molecule has 0 fully saturated rings. The van der Waals surface area contributed by atoms with Crippen molar-refractivity contribution in [3.05, 3.63) is 33.8 Å². The van der Waals surface area contributed by atoms with Crippen molar-refractivity contribution in [1.29, 1.82) is 0 Å². The van der Waals surface area contributed by atoms with Gasteiger partial charge in [0.2, 0.25) is 0 Å². The van der Waals surface area contributed by atoms with Crippen LogP contribution < -0.4 is 0 Å². The maximum Gasteiger partial charge on any atom is 0.308 e. The van der Waals surface area contributed by atoms with Gasteiger partial charge in [-0.3, -0.25) is 9.59 Å². The number of allylic oxidation sites excluding steroid dienone is 1. The van der Waals surface area contributed by atoms with Crippen molar-refractivity contribution in [3.63, 3.8) is 0 Å². The summed E-state index contributed by atoms with van der Waals surface area (Å²) in [6.45, 7) is 46.1. The zero-order valence-corrected chi connectivity index (χ0v) is 43.9. The van der Waals surface area contributed by atoms with Crippen LogP contribution in [-0.2, 0) is 27.6 Å². The zero-order valence-electron chi connectivity index (χ0n) is 40.0. The van der Waals surface area contributed by atoms with E-state index >= 15 is 0 Å². The van der Waals surface area contributed by atoms with E-state index < -0.39 is 42.4 Å². The van der Waals surface area contributed by atoms with E-state index in [4.69, 9.17) is 18.0 Å². The predicted octanol–water partition coefficient (Wildman–Crippen LogP) is 13.6. The largest absolute Gasteiger partial charge is 0.469 e. The molecule has 0 saturated carbocycles. The quantitative estimate of drug-likeness (QED) is 0.0527. The Morgan fingerprint density at radius 2 is 1.30 bits per heavy atom. The van der Waals surface area contributed by atoms with Crippen molar-refractivity contribution in [1.82, 2.24) is 4.98 Å². The summed E-state index contributed by atoms with van der Waals surface area (Å²) in [6, 6.07) is 0. The summed E-state index contributed by atoms with van der Waals surface area (Å²) in [4.78, 5) is 32.2. The Labute approximate surface area is 352 Å². The molecule has 0 aliphatic heterocycles. The first kappa shape index (κ1) is 52.8. The number of ether oxygens (including phenoxy) is 1. The van der Waals surface area contributed by atoms with Gasteiger partial charge in [-0.25, -0.2) is 4.98 Å². The van der Waals surface area contributed by atoms with Crippen molar-refractivity contribution in [2.45, 2.75) is 209 Å². The fourth-order valence-corrected chi connectivity index (χ4v) is 10.9. The number of aromatic nitrogens is 1. The summed E-state index contributed by atoms with van der Waals surface area (Å²) in [7, 11) is -5.20. The van der Waals surface area contributed by atoms with Gasteiger partial charge in [-0.05, 0) is 111 Å². The second kappa shape index (κ2) is 20.4. The van der Waals surface area contributed by atoms with E-state index in [0.717, 1.165) is 36.4 Å². The molecular formula is C45H85NO6SSi3. The second-order valence-electron chi connectivity index (χ2n) is 21.5. The number of nitrogens with zero attached hydrogens (tertiary/aromatic N) is 1. The number of rotatable bonds is 21. The Balaban J connectivity index is 3.32. The van der Waals surface area contributed by atoms with Crippen molar-refractivity contribution in [2.75, 3.05) is 7.11 Å². The highest BCUT2D eigenvalue weighted by atomic mass is 32.1. The van der Waals surface area contributed by atoms with Gasteiger partial charge in [0.05, 0.1) is 42.5 Å². The molecule has 0 aliphatic rings. The van der Waals surface area contributed by atoms with Crippen LogP contribution in [0, 0.1) is 24.2 Å². The van der Waals surface area contributed by atoms with Gasteiger partial charge in [0, 0.05) is 16.7 Å². The molecule has 0 aromatic carbocycles. The van der Waals surface area contributed by atoms with E-state index in [1.165, 1.54) is 12.7 Å². The maximum atomic E-state index is 14.8. The number of carbonyl (C=O) groups excluding carboxylic acids is 2. The van der Waals surface area contributed by atoms with Crippen LogP contribution in [0.25, 0.3) is 6.08 Å².